The van der Waals surface area contributed by atoms with Gasteiger partial charge in [-0.25, -0.2) is 14.2 Å². The van der Waals surface area contributed by atoms with Crippen LogP contribution in [0.25, 0.3) is 22.6 Å². The van der Waals surface area contributed by atoms with Gasteiger partial charge in [-0.2, -0.15) is 15.5 Å². The van der Waals surface area contributed by atoms with Crippen LogP contribution >= 0.6 is 0 Å². The molecule has 4 aromatic rings. The van der Waals surface area contributed by atoms with E-state index in [9.17, 15) is 4.79 Å². The molecule has 7 nitrogen and oxygen atoms in total. The summed E-state index contributed by atoms with van der Waals surface area (Å²) in [5.74, 6) is 0.392. The van der Waals surface area contributed by atoms with E-state index >= 15 is 0 Å². The SMILES string of the molecule is Cc1ccc2c(-c3ccc(C=O)c(-n4nc(C#N)cc4C)n3)cnn2c1. The number of pyridine rings is 2. The van der Waals surface area contributed by atoms with Gasteiger partial charge in [0.15, 0.2) is 17.8 Å². The van der Waals surface area contributed by atoms with Crippen LogP contribution in [-0.4, -0.2) is 30.7 Å². The van der Waals surface area contributed by atoms with E-state index in [1.807, 2.05) is 38.2 Å². The summed E-state index contributed by atoms with van der Waals surface area (Å²) in [5, 5.41) is 17.7. The highest BCUT2D eigenvalue weighted by atomic mass is 16.1. The quantitative estimate of drug-likeness (QED) is 0.534. The fourth-order valence-corrected chi connectivity index (χ4v) is 2.90. The van der Waals surface area contributed by atoms with Gasteiger partial charge < -0.3 is 0 Å². The van der Waals surface area contributed by atoms with Crippen LogP contribution < -0.4 is 0 Å². The molecule has 0 aliphatic carbocycles. The number of hydrogen-bond donors (Lipinski definition) is 0. The van der Waals surface area contributed by atoms with E-state index in [0.717, 1.165) is 28.6 Å². The summed E-state index contributed by atoms with van der Waals surface area (Å²) in [4.78, 5) is 16.1. The van der Waals surface area contributed by atoms with Gasteiger partial charge in [0.05, 0.1) is 23.0 Å². The van der Waals surface area contributed by atoms with Crippen molar-refractivity contribution >= 4 is 11.8 Å². The topological polar surface area (TPSA) is 88.9 Å². The summed E-state index contributed by atoms with van der Waals surface area (Å²) >= 11 is 0. The smallest absolute Gasteiger partial charge is 0.164 e. The zero-order chi connectivity index (χ0) is 18.3. The van der Waals surface area contributed by atoms with E-state index in [4.69, 9.17) is 5.26 Å². The van der Waals surface area contributed by atoms with Crippen molar-refractivity contribution in [3.8, 4) is 23.1 Å². The lowest BCUT2D eigenvalue weighted by atomic mass is 10.1. The predicted octanol–water partition coefficient (Wildman–Crippen LogP) is 2.88. The van der Waals surface area contributed by atoms with Gasteiger partial charge in [0.25, 0.3) is 0 Å². The fraction of sp³-hybridized carbons (Fsp3) is 0.105. The van der Waals surface area contributed by atoms with Crippen molar-refractivity contribution < 1.29 is 4.79 Å². The van der Waals surface area contributed by atoms with E-state index in [-0.39, 0.29) is 5.69 Å². The van der Waals surface area contributed by atoms with Crippen LogP contribution in [-0.2, 0) is 0 Å². The Morgan fingerprint density at radius 1 is 1.19 bits per heavy atom. The molecule has 0 radical (unpaired) electrons. The minimum atomic E-state index is 0.276. The van der Waals surface area contributed by atoms with Gasteiger partial charge in [-0.05, 0) is 43.7 Å². The molecule has 0 aromatic carbocycles. The molecular weight excluding hydrogens is 328 g/mol. The number of aldehydes is 1. The van der Waals surface area contributed by atoms with E-state index in [0.29, 0.717) is 17.1 Å². The average molecular weight is 342 g/mol. The Kier molecular flexibility index (Phi) is 3.59. The second-order valence-electron chi connectivity index (χ2n) is 6.02. The normalized spacial score (nSPS) is 10.8. The van der Waals surface area contributed by atoms with Crippen LogP contribution in [0.5, 0.6) is 0 Å². The Morgan fingerprint density at radius 3 is 2.77 bits per heavy atom. The van der Waals surface area contributed by atoms with Crippen molar-refractivity contribution in [3.63, 3.8) is 0 Å². The van der Waals surface area contributed by atoms with Gasteiger partial charge in [-0.1, -0.05) is 6.07 Å². The minimum Gasteiger partial charge on any atom is -0.298 e. The van der Waals surface area contributed by atoms with Crippen LogP contribution in [0.1, 0.15) is 27.3 Å². The lowest BCUT2D eigenvalue weighted by molar-refractivity contribution is 0.112. The lowest BCUT2D eigenvalue weighted by Gasteiger charge is -2.08. The van der Waals surface area contributed by atoms with E-state index in [1.54, 1.807) is 28.9 Å². The number of nitriles is 1. The van der Waals surface area contributed by atoms with Crippen LogP contribution in [0.3, 0.4) is 0 Å². The fourth-order valence-electron chi connectivity index (χ4n) is 2.90. The summed E-state index contributed by atoms with van der Waals surface area (Å²) in [7, 11) is 0. The van der Waals surface area contributed by atoms with Crippen molar-refractivity contribution in [1.82, 2.24) is 24.4 Å². The minimum absolute atomic E-state index is 0.276. The van der Waals surface area contributed by atoms with Crippen LogP contribution in [0, 0.1) is 25.2 Å². The summed E-state index contributed by atoms with van der Waals surface area (Å²) in [6.07, 6.45) is 4.42. The predicted molar refractivity (Wildman–Crippen MR) is 95.1 cm³/mol. The molecule has 0 amide bonds. The molecule has 0 spiro atoms. The largest absolute Gasteiger partial charge is 0.298 e. The molecule has 0 unspecified atom stereocenters. The highest BCUT2D eigenvalue weighted by Crippen LogP contribution is 2.25. The molecule has 0 saturated heterocycles. The molecule has 0 N–H and O–H groups in total. The zero-order valence-corrected chi connectivity index (χ0v) is 14.2. The van der Waals surface area contributed by atoms with E-state index in [1.165, 1.54) is 4.68 Å². The molecule has 4 aromatic heterocycles. The molecule has 0 fully saturated rings. The van der Waals surface area contributed by atoms with Crippen LogP contribution in [0.4, 0.5) is 0 Å². The van der Waals surface area contributed by atoms with Crippen LogP contribution in [0.15, 0.2) is 42.7 Å². The Hall–Kier alpha value is -3.79. The number of carbonyl (C=O) groups is 1. The maximum Gasteiger partial charge on any atom is 0.164 e. The molecule has 0 aliphatic rings. The number of carbonyl (C=O) groups excluding carboxylic acids is 1. The van der Waals surface area contributed by atoms with Crippen LogP contribution in [0.2, 0.25) is 0 Å². The van der Waals surface area contributed by atoms with E-state index in [2.05, 4.69) is 15.2 Å². The first-order chi connectivity index (χ1) is 12.6. The summed E-state index contributed by atoms with van der Waals surface area (Å²) in [6.45, 7) is 3.82. The Morgan fingerprint density at radius 2 is 2.04 bits per heavy atom. The molecule has 4 heterocycles. The van der Waals surface area contributed by atoms with Gasteiger partial charge in [0, 0.05) is 17.5 Å². The maximum absolute atomic E-state index is 11.5. The number of rotatable bonds is 3. The van der Waals surface area contributed by atoms with Crippen molar-refractivity contribution in [3.05, 3.63) is 65.2 Å². The second kappa shape index (κ2) is 5.93. The second-order valence-corrected chi connectivity index (χ2v) is 6.02. The number of aromatic nitrogens is 5. The molecule has 0 bridgehead atoms. The summed E-state index contributed by atoms with van der Waals surface area (Å²) in [6, 6.07) is 11.1. The van der Waals surface area contributed by atoms with Gasteiger partial charge >= 0.3 is 0 Å². The van der Waals surface area contributed by atoms with Gasteiger partial charge in [0.2, 0.25) is 0 Å². The first-order valence-corrected chi connectivity index (χ1v) is 7.98. The summed E-state index contributed by atoms with van der Waals surface area (Å²) in [5.41, 5.74) is 4.96. The molecule has 0 atom stereocenters. The van der Waals surface area contributed by atoms with Crippen molar-refractivity contribution in [2.45, 2.75) is 13.8 Å². The van der Waals surface area contributed by atoms with E-state index < -0.39 is 0 Å². The third-order valence-corrected chi connectivity index (χ3v) is 4.17. The number of aryl methyl sites for hydroxylation is 2. The highest BCUT2D eigenvalue weighted by molar-refractivity contribution is 5.83. The number of fused-ring (bicyclic) bond motifs is 1. The average Bonchev–Trinajstić information content (AvgIpc) is 3.24. The third kappa shape index (κ3) is 2.45. The Labute approximate surface area is 149 Å². The first-order valence-electron chi connectivity index (χ1n) is 7.98. The monoisotopic (exact) mass is 342 g/mol. The molecule has 26 heavy (non-hydrogen) atoms. The molecule has 0 aliphatic heterocycles. The molecule has 7 heteroatoms. The lowest BCUT2D eigenvalue weighted by Crippen LogP contribution is -2.07. The molecule has 4 rings (SSSR count). The Bertz CT molecular complexity index is 1190. The maximum atomic E-state index is 11.5. The first kappa shape index (κ1) is 15.7. The number of nitrogens with zero attached hydrogens (tertiary/aromatic N) is 6. The van der Waals surface area contributed by atoms with Gasteiger partial charge in [-0.3, -0.25) is 4.79 Å². The standard InChI is InChI=1S/C19H14N6O/c1-12-3-6-18-16(9-21-24(18)10-12)17-5-4-14(11-26)19(22-17)25-13(2)7-15(8-20)23-25/h3-7,9-11H,1-2H3. The molecule has 0 saturated carbocycles. The molecule has 126 valence electrons. The highest BCUT2D eigenvalue weighted by Gasteiger charge is 2.15. The zero-order valence-electron chi connectivity index (χ0n) is 14.2. The van der Waals surface area contributed by atoms with Crippen molar-refractivity contribution in [1.29, 1.82) is 5.26 Å². The Balaban J connectivity index is 1.92. The third-order valence-electron chi connectivity index (χ3n) is 4.17. The summed E-state index contributed by atoms with van der Waals surface area (Å²) < 4.78 is 3.31. The van der Waals surface area contributed by atoms with Crippen molar-refractivity contribution in [2.24, 2.45) is 0 Å². The van der Waals surface area contributed by atoms with Crippen molar-refractivity contribution in [2.75, 3.05) is 0 Å². The van der Waals surface area contributed by atoms with Gasteiger partial charge in [0.1, 0.15) is 6.07 Å². The molecular formula is C19H14N6O. The number of hydrogen-bond acceptors (Lipinski definition) is 5. The van der Waals surface area contributed by atoms with Gasteiger partial charge in [-0.15, -0.1) is 0 Å².